The van der Waals surface area contributed by atoms with Crippen LogP contribution in [0.4, 0.5) is 4.39 Å². The molecule has 0 aliphatic carbocycles. The number of nitrogens with one attached hydrogen (secondary N) is 1. The minimum Gasteiger partial charge on any atom is -0.309 e. The Hall–Kier alpha value is -1.38. The van der Waals surface area contributed by atoms with Gasteiger partial charge in [0, 0.05) is 5.02 Å². The van der Waals surface area contributed by atoms with Crippen LogP contribution in [0.5, 0.6) is 0 Å². The summed E-state index contributed by atoms with van der Waals surface area (Å²) in [5, 5.41) is 4.05. The zero-order valence-electron chi connectivity index (χ0n) is 11.3. The summed E-state index contributed by atoms with van der Waals surface area (Å²) >= 11 is 6.13. The van der Waals surface area contributed by atoms with Crippen molar-refractivity contribution in [3.05, 3.63) is 69.5 Å². The van der Waals surface area contributed by atoms with Crippen LogP contribution in [0, 0.1) is 19.7 Å². The predicted octanol–water partition coefficient (Wildman–Crippen LogP) is 4.40. The largest absolute Gasteiger partial charge is 0.309 e. The average Bonchev–Trinajstić information content (AvgIpc) is 2.38. The van der Waals surface area contributed by atoms with Crippen LogP contribution in [0.3, 0.4) is 0 Å². The van der Waals surface area contributed by atoms with Gasteiger partial charge in [-0.3, -0.25) is 0 Å². The quantitative estimate of drug-likeness (QED) is 0.876. The van der Waals surface area contributed by atoms with Crippen LogP contribution >= 0.6 is 11.6 Å². The van der Waals surface area contributed by atoms with Gasteiger partial charge in [0.05, 0.1) is 6.04 Å². The summed E-state index contributed by atoms with van der Waals surface area (Å²) in [5.74, 6) is -0.220. The van der Waals surface area contributed by atoms with Crippen LogP contribution in [0.15, 0.2) is 36.4 Å². The highest BCUT2D eigenvalue weighted by atomic mass is 35.5. The Morgan fingerprint density at radius 1 is 1.05 bits per heavy atom. The van der Waals surface area contributed by atoms with Crippen LogP contribution in [0.2, 0.25) is 5.02 Å². The van der Waals surface area contributed by atoms with Crippen LogP contribution < -0.4 is 5.32 Å². The molecule has 1 N–H and O–H groups in total. The minimum atomic E-state index is -0.220. The summed E-state index contributed by atoms with van der Waals surface area (Å²) in [5.41, 5.74) is 4.37. The van der Waals surface area contributed by atoms with Gasteiger partial charge in [-0.05, 0) is 61.3 Å². The van der Waals surface area contributed by atoms with Crippen LogP contribution in [-0.4, -0.2) is 7.05 Å². The van der Waals surface area contributed by atoms with E-state index >= 15 is 0 Å². The molecular formula is C16H17ClFN. The third-order valence-corrected chi connectivity index (χ3v) is 3.76. The van der Waals surface area contributed by atoms with Gasteiger partial charge in [0.2, 0.25) is 0 Å². The Kier molecular flexibility index (Phi) is 4.23. The predicted molar refractivity (Wildman–Crippen MR) is 78.2 cm³/mol. The molecule has 2 aromatic carbocycles. The first-order valence-corrected chi connectivity index (χ1v) is 6.60. The number of rotatable bonds is 3. The molecule has 19 heavy (non-hydrogen) atoms. The molecule has 0 fully saturated rings. The molecule has 1 unspecified atom stereocenters. The highest BCUT2D eigenvalue weighted by Gasteiger charge is 2.15. The van der Waals surface area contributed by atoms with Crippen LogP contribution in [-0.2, 0) is 0 Å². The summed E-state index contributed by atoms with van der Waals surface area (Å²) in [7, 11) is 1.90. The molecule has 3 heteroatoms. The molecule has 0 radical (unpaired) electrons. The van der Waals surface area contributed by atoms with Crippen molar-refractivity contribution in [3.8, 4) is 0 Å². The molecule has 1 atom stereocenters. The van der Waals surface area contributed by atoms with Gasteiger partial charge < -0.3 is 5.32 Å². The summed E-state index contributed by atoms with van der Waals surface area (Å²) < 4.78 is 13.0. The lowest BCUT2D eigenvalue weighted by Crippen LogP contribution is -2.19. The van der Waals surface area contributed by atoms with Crippen molar-refractivity contribution >= 4 is 11.6 Å². The number of benzene rings is 2. The molecule has 0 saturated heterocycles. The summed E-state index contributed by atoms with van der Waals surface area (Å²) in [4.78, 5) is 0. The van der Waals surface area contributed by atoms with Gasteiger partial charge in [-0.25, -0.2) is 4.39 Å². The van der Waals surface area contributed by atoms with Crippen molar-refractivity contribution < 1.29 is 4.39 Å². The van der Waals surface area contributed by atoms with Crippen molar-refractivity contribution in [2.75, 3.05) is 7.05 Å². The molecule has 0 amide bonds. The van der Waals surface area contributed by atoms with Crippen molar-refractivity contribution in [1.82, 2.24) is 5.32 Å². The first kappa shape index (κ1) is 14.0. The summed E-state index contributed by atoms with van der Waals surface area (Å²) in [6, 6.07) is 10.7. The Balaban J connectivity index is 2.47. The fraction of sp³-hybridized carbons (Fsp3) is 0.250. The van der Waals surface area contributed by atoms with Crippen molar-refractivity contribution in [2.45, 2.75) is 19.9 Å². The Bertz CT molecular complexity index is 578. The first-order chi connectivity index (χ1) is 9.02. The summed E-state index contributed by atoms with van der Waals surface area (Å²) in [6.07, 6.45) is 0. The highest BCUT2D eigenvalue weighted by Crippen LogP contribution is 2.29. The van der Waals surface area contributed by atoms with E-state index in [1.807, 2.05) is 27.0 Å². The van der Waals surface area contributed by atoms with Gasteiger partial charge >= 0.3 is 0 Å². The smallest absolute Gasteiger partial charge is 0.123 e. The zero-order valence-corrected chi connectivity index (χ0v) is 12.1. The molecule has 0 aromatic heterocycles. The molecule has 0 saturated carbocycles. The van der Waals surface area contributed by atoms with E-state index < -0.39 is 0 Å². The highest BCUT2D eigenvalue weighted by molar-refractivity contribution is 6.31. The summed E-state index contributed by atoms with van der Waals surface area (Å²) in [6.45, 7) is 4.02. The molecule has 2 rings (SSSR count). The van der Waals surface area contributed by atoms with Crippen molar-refractivity contribution in [2.24, 2.45) is 0 Å². The Morgan fingerprint density at radius 3 is 2.26 bits per heavy atom. The number of hydrogen-bond donors (Lipinski definition) is 1. The van der Waals surface area contributed by atoms with Crippen LogP contribution in [0.25, 0.3) is 0 Å². The van der Waals surface area contributed by atoms with Gasteiger partial charge in [0.25, 0.3) is 0 Å². The van der Waals surface area contributed by atoms with Gasteiger partial charge in [-0.2, -0.15) is 0 Å². The molecule has 0 aliphatic heterocycles. The molecule has 1 nitrogen and oxygen atoms in total. The molecule has 2 aromatic rings. The monoisotopic (exact) mass is 277 g/mol. The van der Waals surface area contributed by atoms with Gasteiger partial charge in [-0.1, -0.05) is 29.8 Å². The lowest BCUT2D eigenvalue weighted by Gasteiger charge is -2.20. The lowest BCUT2D eigenvalue weighted by molar-refractivity contribution is 0.623. The second-order valence-corrected chi connectivity index (χ2v) is 5.14. The fourth-order valence-corrected chi connectivity index (χ4v) is 2.49. The maximum atomic E-state index is 13.0. The maximum absolute atomic E-state index is 13.0. The van der Waals surface area contributed by atoms with E-state index in [1.54, 1.807) is 12.1 Å². The topological polar surface area (TPSA) is 12.0 Å². The minimum absolute atomic E-state index is 0.0385. The fourth-order valence-electron chi connectivity index (χ4n) is 2.27. The second-order valence-electron chi connectivity index (χ2n) is 4.73. The number of aryl methyl sites for hydroxylation is 2. The number of hydrogen-bond acceptors (Lipinski definition) is 1. The van der Waals surface area contributed by atoms with E-state index in [0.29, 0.717) is 0 Å². The maximum Gasteiger partial charge on any atom is 0.123 e. The first-order valence-electron chi connectivity index (χ1n) is 6.22. The van der Waals surface area contributed by atoms with Crippen molar-refractivity contribution in [1.29, 1.82) is 0 Å². The molecule has 0 spiro atoms. The standard InChI is InChI=1S/C16H17ClFN/c1-10-9-15(17)11(2)8-14(10)16(19-3)12-4-6-13(18)7-5-12/h4-9,16,19H,1-3H3. The second kappa shape index (κ2) is 5.72. The van der Waals surface area contributed by atoms with E-state index in [0.717, 1.165) is 27.3 Å². The third kappa shape index (κ3) is 2.96. The molecule has 0 heterocycles. The molecule has 0 bridgehead atoms. The normalized spacial score (nSPS) is 12.5. The van der Waals surface area contributed by atoms with E-state index in [9.17, 15) is 4.39 Å². The van der Waals surface area contributed by atoms with E-state index in [-0.39, 0.29) is 11.9 Å². The zero-order chi connectivity index (χ0) is 14.0. The lowest BCUT2D eigenvalue weighted by atomic mass is 9.93. The van der Waals surface area contributed by atoms with Gasteiger partial charge in [0.15, 0.2) is 0 Å². The molecule has 0 aliphatic rings. The molecule has 100 valence electrons. The van der Waals surface area contributed by atoms with Gasteiger partial charge in [0.1, 0.15) is 5.82 Å². The van der Waals surface area contributed by atoms with E-state index in [2.05, 4.69) is 11.4 Å². The van der Waals surface area contributed by atoms with E-state index in [4.69, 9.17) is 11.6 Å². The molecular weight excluding hydrogens is 261 g/mol. The van der Waals surface area contributed by atoms with Crippen LogP contribution in [0.1, 0.15) is 28.3 Å². The van der Waals surface area contributed by atoms with Gasteiger partial charge in [-0.15, -0.1) is 0 Å². The van der Waals surface area contributed by atoms with Crippen molar-refractivity contribution in [3.63, 3.8) is 0 Å². The SMILES string of the molecule is CNC(c1ccc(F)cc1)c1cc(C)c(Cl)cc1C. The number of halogens is 2. The third-order valence-electron chi connectivity index (χ3n) is 3.35. The Morgan fingerprint density at radius 2 is 1.68 bits per heavy atom. The average molecular weight is 278 g/mol. The Labute approximate surface area is 118 Å². The van der Waals surface area contributed by atoms with E-state index in [1.165, 1.54) is 12.1 Å².